The fourth-order valence-corrected chi connectivity index (χ4v) is 5.75. The molecule has 6 nitrogen and oxygen atoms in total. The van der Waals surface area contributed by atoms with E-state index < -0.39 is 5.60 Å². The van der Waals surface area contributed by atoms with Gasteiger partial charge in [0.1, 0.15) is 18.2 Å². The second-order valence-electron chi connectivity index (χ2n) is 10.9. The van der Waals surface area contributed by atoms with Crippen molar-refractivity contribution in [2.45, 2.75) is 70.6 Å². The third kappa shape index (κ3) is 6.58. The first kappa shape index (κ1) is 26.2. The fraction of sp³-hybridized carbons (Fsp3) is 0.692. The quantitative estimate of drug-likeness (QED) is 0.406. The van der Waals surface area contributed by atoms with Gasteiger partial charge in [0, 0.05) is 18.8 Å². The van der Waals surface area contributed by atoms with Gasteiger partial charge >= 0.3 is 11.9 Å². The number of halogens is 1. The van der Waals surface area contributed by atoms with Crippen LogP contribution in [-0.2, 0) is 19.1 Å². The number of likely N-dealkylation sites (tertiary alicyclic amines) is 1. The highest BCUT2D eigenvalue weighted by molar-refractivity contribution is 5.78. The zero-order valence-corrected chi connectivity index (χ0v) is 21.9. The predicted molar refractivity (Wildman–Crippen MR) is 123 cm³/mol. The Morgan fingerprint density at radius 2 is 1.70 bits per heavy atom. The molecule has 4 heterocycles. The highest BCUT2D eigenvalue weighted by Crippen LogP contribution is 2.37. The number of nitrogens with zero attached hydrogens (tertiary/aromatic N) is 2. The van der Waals surface area contributed by atoms with Gasteiger partial charge in [-0.25, -0.2) is 9.59 Å². The second-order valence-corrected chi connectivity index (χ2v) is 10.9. The van der Waals surface area contributed by atoms with E-state index in [9.17, 15) is 9.59 Å². The number of hydrogen-bond acceptors (Lipinski definition) is 5. The Bertz CT molecular complexity index is 796. The molecule has 184 valence electrons. The Balaban J connectivity index is 0.00000306. The van der Waals surface area contributed by atoms with E-state index in [1.807, 2.05) is 51.1 Å². The lowest BCUT2D eigenvalue weighted by Crippen LogP contribution is -3.00. The number of benzene rings is 1. The van der Waals surface area contributed by atoms with E-state index in [1.165, 1.54) is 6.42 Å². The van der Waals surface area contributed by atoms with Crippen molar-refractivity contribution >= 4 is 11.9 Å². The molecule has 4 aliphatic rings. The molecule has 4 fully saturated rings. The van der Waals surface area contributed by atoms with Gasteiger partial charge in [-0.3, -0.25) is 4.90 Å². The summed E-state index contributed by atoms with van der Waals surface area (Å²) < 4.78 is 12.5. The Hall–Kier alpha value is -1.44. The van der Waals surface area contributed by atoms with Crippen LogP contribution in [0.15, 0.2) is 30.3 Å². The second kappa shape index (κ2) is 10.9. The molecule has 2 bridgehead atoms. The van der Waals surface area contributed by atoms with Gasteiger partial charge in [0.2, 0.25) is 0 Å². The third-order valence-electron chi connectivity index (χ3n) is 7.29. The number of esters is 2. The van der Waals surface area contributed by atoms with E-state index in [4.69, 9.17) is 9.47 Å². The summed E-state index contributed by atoms with van der Waals surface area (Å²) in [5.41, 5.74) is 0.533. The highest BCUT2D eigenvalue weighted by atomic mass is 79.9. The number of carbonyl (C=O) groups excluding carboxylic acids is 2. The molecule has 0 unspecified atom stereocenters. The van der Waals surface area contributed by atoms with Gasteiger partial charge in [-0.15, -0.1) is 0 Å². The number of piperidine rings is 4. The first-order chi connectivity index (χ1) is 15.2. The SMILES string of the molecule is CC(C)(C)OC(=O)C[N+]12CCC(CC1)[C@@H](OC(=O)[C@H](c1ccccc1)N1CCCCC1)C2.[Br-]. The van der Waals surface area contributed by atoms with E-state index in [0.717, 1.165) is 64.0 Å². The fourth-order valence-electron chi connectivity index (χ4n) is 5.75. The Morgan fingerprint density at radius 3 is 2.30 bits per heavy atom. The molecule has 33 heavy (non-hydrogen) atoms. The summed E-state index contributed by atoms with van der Waals surface area (Å²) in [4.78, 5) is 28.4. The van der Waals surface area contributed by atoms with Crippen LogP contribution in [0.2, 0.25) is 0 Å². The minimum absolute atomic E-state index is 0. The first-order valence-electron chi connectivity index (χ1n) is 12.3. The molecule has 1 aromatic rings. The molecule has 7 heteroatoms. The summed E-state index contributed by atoms with van der Waals surface area (Å²) in [6.45, 7) is 10.6. The third-order valence-corrected chi connectivity index (χ3v) is 7.29. The predicted octanol–water partition coefficient (Wildman–Crippen LogP) is 0.712. The number of quaternary nitrogens is 1. The number of rotatable bonds is 6. The van der Waals surface area contributed by atoms with Crippen molar-refractivity contribution in [2.75, 3.05) is 39.3 Å². The molecule has 4 aliphatic heterocycles. The van der Waals surface area contributed by atoms with E-state index in [2.05, 4.69) is 4.90 Å². The number of ether oxygens (including phenoxy) is 2. The van der Waals surface area contributed by atoms with Crippen molar-refractivity contribution < 1.29 is 40.5 Å². The zero-order chi connectivity index (χ0) is 22.8. The Morgan fingerprint density at radius 1 is 1.06 bits per heavy atom. The van der Waals surface area contributed by atoms with Gasteiger partial charge in [0.05, 0.1) is 13.1 Å². The van der Waals surface area contributed by atoms with E-state index >= 15 is 0 Å². The maximum atomic E-state index is 13.5. The van der Waals surface area contributed by atoms with Gasteiger partial charge in [-0.2, -0.15) is 0 Å². The molecule has 0 N–H and O–H groups in total. The lowest BCUT2D eigenvalue weighted by molar-refractivity contribution is -0.939. The van der Waals surface area contributed by atoms with Crippen molar-refractivity contribution in [3.05, 3.63) is 35.9 Å². The number of hydrogen-bond donors (Lipinski definition) is 0. The van der Waals surface area contributed by atoms with Crippen LogP contribution in [0.5, 0.6) is 0 Å². The van der Waals surface area contributed by atoms with Crippen LogP contribution < -0.4 is 17.0 Å². The van der Waals surface area contributed by atoms with E-state index in [0.29, 0.717) is 16.9 Å². The Kier molecular flexibility index (Phi) is 8.62. The standard InChI is InChI=1S/C26H39N2O4.BrH/c1-26(2,3)32-23(29)19-28-16-12-20(13-17-28)22(18-28)31-25(30)24(21-10-6-4-7-11-21)27-14-8-5-9-15-27;/h4,6-7,10-11,20,22,24H,5,8-9,12-19H2,1-3H3;1H/q+1;/p-1/t20?,22-,24-,28?;/m0./s1. The molecule has 1 aromatic carbocycles. The van der Waals surface area contributed by atoms with Gasteiger partial charge in [-0.05, 0) is 52.3 Å². The molecule has 0 aromatic heterocycles. The minimum atomic E-state index is -0.479. The van der Waals surface area contributed by atoms with E-state index in [1.54, 1.807) is 0 Å². The molecule has 0 amide bonds. The number of carbonyl (C=O) groups is 2. The van der Waals surface area contributed by atoms with Crippen LogP contribution in [0, 0.1) is 5.92 Å². The normalized spacial score (nSPS) is 28.5. The molecule has 4 saturated heterocycles. The summed E-state index contributed by atoms with van der Waals surface area (Å²) in [6, 6.07) is 9.71. The lowest BCUT2D eigenvalue weighted by atomic mass is 9.83. The monoisotopic (exact) mass is 522 g/mol. The molecular weight excluding hydrogens is 484 g/mol. The van der Waals surface area contributed by atoms with Crippen molar-refractivity contribution in [1.82, 2.24) is 4.90 Å². The van der Waals surface area contributed by atoms with Crippen LogP contribution in [0.1, 0.15) is 64.5 Å². The largest absolute Gasteiger partial charge is 1.00 e. The summed E-state index contributed by atoms with van der Waals surface area (Å²) in [5, 5.41) is 0. The van der Waals surface area contributed by atoms with Crippen LogP contribution in [0.25, 0.3) is 0 Å². The van der Waals surface area contributed by atoms with Crippen molar-refractivity contribution in [2.24, 2.45) is 5.92 Å². The van der Waals surface area contributed by atoms with Gasteiger partial charge < -0.3 is 30.9 Å². The summed E-state index contributed by atoms with van der Waals surface area (Å²) in [5.74, 6) is 0.112. The summed E-state index contributed by atoms with van der Waals surface area (Å²) in [6.07, 6.45) is 5.35. The molecule has 2 atom stereocenters. The van der Waals surface area contributed by atoms with Crippen molar-refractivity contribution in [3.8, 4) is 0 Å². The van der Waals surface area contributed by atoms with Gasteiger partial charge in [-0.1, -0.05) is 36.8 Å². The molecule has 0 saturated carbocycles. The van der Waals surface area contributed by atoms with Crippen LogP contribution in [0.3, 0.4) is 0 Å². The average molecular weight is 524 g/mol. The lowest BCUT2D eigenvalue weighted by Gasteiger charge is -2.51. The van der Waals surface area contributed by atoms with Crippen LogP contribution in [-0.4, -0.2) is 72.3 Å². The molecule has 5 rings (SSSR count). The zero-order valence-electron chi connectivity index (χ0n) is 20.3. The maximum Gasteiger partial charge on any atom is 0.362 e. The topological polar surface area (TPSA) is 55.8 Å². The highest BCUT2D eigenvalue weighted by Gasteiger charge is 2.49. The van der Waals surface area contributed by atoms with Crippen LogP contribution in [0.4, 0.5) is 0 Å². The number of fused-ring (bicyclic) bond motifs is 3. The van der Waals surface area contributed by atoms with E-state index in [-0.39, 0.29) is 41.1 Å². The summed E-state index contributed by atoms with van der Waals surface area (Å²) in [7, 11) is 0. The molecule has 0 aliphatic carbocycles. The maximum absolute atomic E-state index is 13.5. The van der Waals surface area contributed by atoms with Crippen molar-refractivity contribution in [1.29, 1.82) is 0 Å². The molecule has 0 spiro atoms. The summed E-state index contributed by atoms with van der Waals surface area (Å²) >= 11 is 0. The average Bonchev–Trinajstić information content (AvgIpc) is 2.74. The van der Waals surface area contributed by atoms with Gasteiger partial charge in [0.15, 0.2) is 12.6 Å². The van der Waals surface area contributed by atoms with Crippen molar-refractivity contribution in [3.63, 3.8) is 0 Å². The Labute approximate surface area is 209 Å². The molecule has 0 radical (unpaired) electrons. The first-order valence-corrected chi connectivity index (χ1v) is 12.3. The smallest absolute Gasteiger partial charge is 0.362 e. The minimum Gasteiger partial charge on any atom is -1.00 e. The van der Waals surface area contributed by atoms with Crippen LogP contribution >= 0.6 is 0 Å². The van der Waals surface area contributed by atoms with Gasteiger partial charge in [0.25, 0.3) is 0 Å². The molecular formula is C26H39BrN2O4.